The molecule has 1 aliphatic heterocycles. The Kier molecular flexibility index (Phi) is 4.93. The van der Waals surface area contributed by atoms with Gasteiger partial charge in [-0.15, -0.1) is 0 Å². The topological polar surface area (TPSA) is 26.7 Å². The summed E-state index contributed by atoms with van der Waals surface area (Å²) in [7, 11) is 0. The lowest BCUT2D eigenvalue weighted by Gasteiger charge is -2.37. The van der Waals surface area contributed by atoms with E-state index in [-0.39, 0.29) is 6.61 Å². The van der Waals surface area contributed by atoms with E-state index in [1.807, 2.05) is 23.1 Å². The molecule has 0 aliphatic carbocycles. The highest BCUT2D eigenvalue weighted by Gasteiger charge is 2.32. The number of halogens is 4. The number of aliphatic hydroxyl groups is 1. The first kappa shape index (κ1) is 15.6. The van der Waals surface area contributed by atoms with Gasteiger partial charge in [-0.1, -0.05) is 15.9 Å². The van der Waals surface area contributed by atoms with Crippen molar-refractivity contribution in [1.82, 2.24) is 4.90 Å². The first-order valence-corrected chi connectivity index (χ1v) is 7.12. The monoisotopic (exact) mass is 352 g/mol. The van der Waals surface area contributed by atoms with Crippen molar-refractivity contribution in [3.63, 3.8) is 0 Å². The molecule has 1 aromatic rings. The molecule has 3 nitrogen and oxygen atoms in total. The molecular formula is C13H16BrF3N2O. The summed E-state index contributed by atoms with van der Waals surface area (Å²) in [6.45, 7) is 0.877. The second-order valence-corrected chi connectivity index (χ2v) is 5.73. The van der Waals surface area contributed by atoms with Crippen molar-refractivity contribution in [3.05, 3.63) is 28.2 Å². The lowest BCUT2D eigenvalue weighted by atomic mass is 10.1. The third-order valence-corrected chi connectivity index (χ3v) is 3.82. The third kappa shape index (κ3) is 4.10. The van der Waals surface area contributed by atoms with Crippen molar-refractivity contribution < 1.29 is 18.3 Å². The molecule has 7 heteroatoms. The van der Waals surface area contributed by atoms with Crippen LogP contribution >= 0.6 is 15.9 Å². The first-order valence-electron chi connectivity index (χ1n) is 6.32. The van der Waals surface area contributed by atoms with Crippen molar-refractivity contribution in [2.75, 3.05) is 37.6 Å². The standard InChI is InChI=1S/C13H16BrF3N2O/c14-11-1-2-12(10(7-11)8-20)19-5-3-18(4-6-19)9-13(15,16)17/h1-2,7,20H,3-6,8-9H2. The summed E-state index contributed by atoms with van der Waals surface area (Å²) in [4.78, 5) is 3.43. The van der Waals surface area contributed by atoms with Crippen molar-refractivity contribution >= 4 is 21.6 Å². The zero-order valence-corrected chi connectivity index (χ0v) is 12.4. The van der Waals surface area contributed by atoms with Crippen LogP contribution in [0, 0.1) is 0 Å². The molecule has 0 saturated carbocycles. The van der Waals surface area contributed by atoms with Crippen molar-refractivity contribution in [2.45, 2.75) is 12.8 Å². The van der Waals surface area contributed by atoms with Crippen molar-refractivity contribution in [3.8, 4) is 0 Å². The van der Waals surface area contributed by atoms with Crippen LogP contribution in [0.2, 0.25) is 0 Å². The molecule has 1 N–H and O–H groups in total. The van der Waals surface area contributed by atoms with Gasteiger partial charge in [-0.05, 0) is 18.2 Å². The molecule has 0 atom stereocenters. The highest BCUT2D eigenvalue weighted by atomic mass is 79.9. The zero-order chi connectivity index (χ0) is 14.8. The van der Waals surface area contributed by atoms with Crippen molar-refractivity contribution in [2.24, 2.45) is 0 Å². The van der Waals surface area contributed by atoms with E-state index >= 15 is 0 Å². The molecule has 0 aromatic heterocycles. The molecule has 0 amide bonds. The fraction of sp³-hybridized carbons (Fsp3) is 0.538. The summed E-state index contributed by atoms with van der Waals surface area (Å²) in [5.41, 5.74) is 1.67. The minimum absolute atomic E-state index is 0.0858. The summed E-state index contributed by atoms with van der Waals surface area (Å²) in [6, 6.07) is 5.59. The largest absolute Gasteiger partial charge is 0.401 e. The Balaban J connectivity index is 2.00. The van der Waals surface area contributed by atoms with Crippen LogP contribution in [0.4, 0.5) is 18.9 Å². The van der Waals surface area contributed by atoms with Gasteiger partial charge in [0.1, 0.15) is 0 Å². The van der Waals surface area contributed by atoms with Crippen LogP contribution in [0.25, 0.3) is 0 Å². The fourth-order valence-corrected chi connectivity index (χ4v) is 2.80. The normalized spacial score (nSPS) is 17.6. The third-order valence-electron chi connectivity index (χ3n) is 3.33. The molecule has 0 unspecified atom stereocenters. The van der Waals surface area contributed by atoms with E-state index in [2.05, 4.69) is 15.9 Å². The maximum absolute atomic E-state index is 12.3. The maximum atomic E-state index is 12.3. The summed E-state index contributed by atoms with van der Waals surface area (Å²) in [5.74, 6) is 0. The van der Waals surface area contributed by atoms with E-state index in [0.717, 1.165) is 15.7 Å². The Morgan fingerprint density at radius 2 is 1.80 bits per heavy atom. The van der Waals surface area contributed by atoms with E-state index in [1.54, 1.807) is 0 Å². The Morgan fingerprint density at radius 3 is 2.35 bits per heavy atom. The van der Waals surface area contributed by atoms with Gasteiger partial charge in [0, 0.05) is 41.9 Å². The number of anilines is 1. The molecule has 0 bridgehead atoms. The average Bonchev–Trinajstić information content (AvgIpc) is 2.38. The van der Waals surface area contributed by atoms with Gasteiger partial charge in [0.15, 0.2) is 0 Å². The Labute approximate surface area is 124 Å². The van der Waals surface area contributed by atoms with Gasteiger partial charge in [-0.25, -0.2) is 0 Å². The second kappa shape index (κ2) is 6.32. The summed E-state index contributed by atoms with van der Waals surface area (Å²) in [5, 5.41) is 9.37. The van der Waals surface area contributed by atoms with Crippen LogP contribution in [0.5, 0.6) is 0 Å². The van der Waals surface area contributed by atoms with E-state index < -0.39 is 12.7 Å². The van der Waals surface area contributed by atoms with Crippen LogP contribution < -0.4 is 4.90 Å². The first-order chi connectivity index (χ1) is 9.39. The predicted molar refractivity (Wildman–Crippen MR) is 74.8 cm³/mol. The molecule has 112 valence electrons. The van der Waals surface area contributed by atoms with Gasteiger partial charge in [0.25, 0.3) is 0 Å². The number of rotatable bonds is 3. The molecule has 20 heavy (non-hydrogen) atoms. The number of nitrogens with zero attached hydrogens (tertiary/aromatic N) is 2. The average molecular weight is 353 g/mol. The summed E-state index contributed by atoms with van der Waals surface area (Å²) < 4.78 is 37.9. The molecule has 1 heterocycles. The minimum Gasteiger partial charge on any atom is -0.392 e. The Bertz CT molecular complexity index is 459. The van der Waals surface area contributed by atoms with E-state index in [4.69, 9.17) is 0 Å². The molecule has 2 rings (SSSR count). The summed E-state index contributed by atoms with van der Waals surface area (Å²) in [6.07, 6.45) is -4.14. The number of alkyl halides is 3. The molecule has 1 saturated heterocycles. The number of benzene rings is 1. The van der Waals surface area contributed by atoms with Crippen LogP contribution in [0.3, 0.4) is 0 Å². The molecule has 1 fully saturated rings. The van der Waals surface area contributed by atoms with Crippen molar-refractivity contribution in [1.29, 1.82) is 0 Å². The number of hydrogen-bond donors (Lipinski definition) is 1. The summed E-state index contributed by atoms with van der Waals surface area (Å²) >= 11 is 3.34. The van der Waals surface area contributed by atoms with Crippen LogP contribution in [0.15, 0.2) is 22.7 Å². The second-order valence-electron chi connectivity index (χ2n) is 4.81. The lowest BCUT2D eigenvalue weighted by Crippen LogP contribution is -2.49. The highest BCUT2D eigenvalue weighted by Crippen LogP contribution is 2.26. The minimum atomic E-state index is -4.14. The molecule has 1 aromatic carbocycles. The molecular weight excluding hydrogens is 337 g/mol. The lowest BCUT2D eigenvalue weighted by molar-refractivity contribution is -0.146. The van der Waals surface area contributed by atoms with Gasteiger partial charge in [-0.2, -0.15) is 13.2 Å². The predicted octanol–water partition coefficient (Wildman–Crippen LogP) is 2.63. The van der Waals surface area contributed by atoms with E-state index in [0.29, 0.717) is 26.2 Å². The Morgan fingerprint density at radius 1 is 1.15 bits per heavy atom. The van der Waals surface area contributed by atoms with E-state index in [9.17, 15) is 18.3 Å². The number of piperazine rings is 1. The van der Waals surface area contributed by atoms with Crippen LogP contribution in [-0.4, -0.2) is 48.9 Å². The van der Waals surface area contributed by atoms with Gasteiger partial charge in [0.2, 0.25) is 0 Å². The number of hydrogen-bond acceptors (Lipinski definition) is 3. The maximum Gasteiger partial charge on any atom is 0.401 e. The Hall–Kier alpha value is -0.790. The SMILES string of the molecule is OCc1cc(Br)ccc1N1CCN(CC(F)(F)F)CC1. The zero-order valence-electron chi connectivity index (χ0n) is 10.8. The van der Waals surface area contributed by atoms with Crippen LogP contribution in [-0.2, 0) is 6.61 Å². The molecule has 0 spiro atoms. The van der Waals surface area contributed by atoms with E-state index in [1.165, 1.54) is 4.90 Å². The van der Waals surface area contributed by atoms with Gasteiger partial charge >= 0.3 is 6.18 Å². The number of aliphatic hydroxyl groups excluding tert-OH is 1. The fourth-order valence-electron chi connectivity index (χ4n) is 2.39. The smallest absolute Gasteiger partial charge is 0.392 e. The highest BCUT2D eigenvalue weighted by molar-refractivity contribution is 9.10. The molecule has 0 radical (unpaired) electrons. The van der Waals surface area contributed by atoms with Crippen LogP contribution in [0.1, 0.15) is 5.56 Å². The quantitative estimate of drug-likeness (QED) is 0.905. The van der Waals surface area contributed by atoms with Gasteiger partial charge in [0.05, 0.1) is 13.2 Å². The van der Waals surface area contributed by atoms with Gasteiger partial charge < -0.3 is 10.0 Å². The molecule has 1 aliphatic rings. The van der Waals surface area contributed by atoms with Gasteiger partial charge in [-0.3, -0.25) is 4.90 Å².